The predicted octanol–water partition coefficient (Wildman–Crippen LogP) is 3.10. The number of carbonyl (C=O) groups is 1. The molecule has 0 aliphatic rings. The zero-order chi connectivity index (χ0) is 13.6. The van der Waals surface area contributed by atoms with Gasteiger partial charge < -0.3 is 5.73 Å². The number of pyridine rings is 1. The molecule has 3 rings (SSSR count). The summed E-state index contributed by atoms with van der Waals surface area (Å²) in [6.07, 6.45) is 0. The highest BCUT2D eigenvalue weighted by Gasteiger charge is 2.10. The summed E-state index contributed by atoms with van der Waals surface area (Å²) in [7, 11) is 0. The van der Waals surface area contributed by atoms with Crippen LogP contribution in [0.25, 0.3) is 21.8 Å². The Morgan fingerprint density at radius 3 is 2.68 bits per heavy atom. The highest BCUT2D eigenvalue weighted by molar-refractivity contribution is 6.07. The number of rotatable bonds is 1. The molecule has 0 saturated carbocycles. The standard InChI is InChI=1S/C16H14N2O/c1-9-6-7-14-13(10(9)2)8-11-4-3-5-12(16(17)19)15(11)18-14/h3-8H,1-2H3,(H2,17,19). The summed E-state index contributed by atoms with van der Waals surface area (Å²) in [4.78, 5) is 16.1. The Kier molecular flexibility index (Phi) is 2.49. The predicted molar refractivity (Wildman–Crippen MR) is 77.2 cm³/mol. The van der Waals surface area contributed by atoms with E-state index < -0.39 is 5.91 Å². The summed E-state index contributed by atoms with van der Waals surface area (Å²) in [5, 5.41) is 2.06. The minimum absolute atomic E-state index is 0.443. The van der Waals surface area contributed by atoms with Crippen LogP contribution in [0.15, 0.2) is 36.4 Å². The van der Waals surface area contributed by atoms with Crippen LogP contribution in [0.1, 0.15) is 21.5 Å². The van der Waals surface area contributed by atoms with Crippen LogP contribution in [-0.4, -0.2) is 10.9 Å². The largest absolute Gasteiger partial charge is 0.366 e. The van der Waals surface area contributed by atoms with E-state index in [1.807, 2.05) is 24.3 Å². The van der Waals surface area contributed by atoms with Crippen LogP contribution in [0.5, 0.6) is 0 Å². The van der Waals surface area contributed by atoms with Crippen molar-refractivity contribution in [2.24, 2.45) is 5.73 Å². The maximum absolute atomic E-state index is 11.5. The molecule has 3 nitrogen and oxygen atoms in total. The van der Waals surface area contributed by atoms with Crippen LogP contribution in [-0.2, 0) is 0 Å². The van der Waals surface area contributed by atoms with Gasteiger partial charge in [0.05, 0.1) is 16.6 Å². The Morgan fingerprint density at radius 1 is 1.16 bits per heavy atom. The Balaban J connectivity index is 2.48. The van der Waals surface area contributed by atoms with E-state index in [0.717, 1.165) is 16.3 Å². The van der Waals surface area contributed by atoms with E-state index in [1.165, 1.54) is 11.1 Å². The first-order chi connectivity index (χ1) is 9.08. The monoisotopic (exact) mass is 250 g/mol. The van der Waals surface area contributed by atoms with Gasteiger partial charge in [-0.15, -0.1) is 0 Å². The number of hydrogen-bond donors (Lipinski definition) is 1. The van der Waals surface area contributed by atoms with E-state index >= 15 is 0 Å². The van der Waals surface area contributed by atoms with Crippen molar-refractivity contribution in [2.75, 3.05) is 0 Å². The van der Waals surface area contributed by atoms with Gasteiger partial charge in [0, 0.05) is 10.8 Å². The molecule has 0 bridgehead atoms. The molecule has 94 valence electrons. The van der Waals surface area contributed by atoms with Gasteiger partial charge in [-0.05, 0) is 43.2 Å². The molecule has 3 heteroatoms. The highest BCUT2D eigenvalue weighted by atomic mass is 16.1. The van der Waals surface area contributed by atoms with E-state index in [-0.39, 0.29) is 0 Å². The average Bonchev–Trinajstić information content (AvgIpc) is 2.40. The molecule has 0 aliphatic carbocycles. The van der Waals surface area contributed by atoms with Gasteiger partial charge in [0.2, 0.25) is 0 Å². The van der Waals surface area contributed by atoms with Crippen LogP contribution in [0.2, 0.25) is 0 Å². The Labute approximate surface area is 111 Å². The first-order valence-electron chi connectivity index (χ1n) is 6.17. The number of nitrogens with two attached hydrogens (primary N) is 1. The molecule has 19 heavy (non-hydrogen) atoms. The molecule has 0 saturated heterocycles. The Bertz CT molecular complexity index is 822. The highest BCUT2D eigenvalue weighted by Crippen LogP contribution is 2.26. The summed E-state index contributed by atoms with van der Waals surface area (Å²) >= 11 is 0. The SMILES string of the molecule is Cc1ccc2nc3c(C(N)=O)cccc3cc2c1C. The van der Waals surface area contributed by atoms with Gasteiger partial charge in [0.1, 0.15) is 0 Å². The minimum Gasteiger partial charge on any atom is -0.366 e. The van der Waals surface area contributed by atoms with Crippen LogP contribution < -0.4 is 5.73 Å². The van der Waals surface area contributed by atoms with E-state index in [9.17, 15) is 4.79 Å². The van der Waals surface area contributed by atoms with Crippen molar-refractivity contribution in [1.82, 2.24) is 4.98 Å². The number of benzene rings is 2. The zero-order valence-electron chi connectivity index (χ0n) is 10.9. The van der Waals surface area contributed by atoms with Crippen molar-refractivity contribution < 1.29 is 4.79 Å². The van der Waals surface area contributed by atoms with Gasteiger partial charge in [0.15, 0.2) is 0 Å². The van der Waals surface area contributed by atoms with E-state index in [1.54, 1.807) is 6.07 Å². The molecule has 2 N–H and O–H groups in total. The summed E-state index contributed by atoms with van der Waals surface area (Å²) in [6.45, 7) is 4.17. The molecule has 2 aromatic carbocycles. The second-order valence-corrected chi connectivity index (χ2v) is 4.80. The van der Waals surface area contributed by atoms with Gasteiger partial charge in [-0.3, -0.25) is 4.79 Å². The third-order valence-electron chi connectivity index (χ3n) is 3.63. The summed E-state index contributed by atoms with van der Waals surface area (Å²) in [5.41, 5.74) is 9.89. The molecule has 1 aromatic heterocycles. The van der Waals surface area contributed by atoms with Gasteiger partial charge >= 0.3 is 0 Å². The van der Waals surface area contributed by atoms with E-state index in [2.05, 4.69) is 24.9 Å². The molecular weight excluding hydrogens is 236 g/mol. The number of amides is 1. The lowest BCUT2D eigenvalue weighted by atomic mass is 10.0. The van der Waals surface area contributed by atoms with Crippen LogP contribution in [0, 0.1) is 13.8 Å². The number of primary amides is 1. The van der Waals surface area contributed by atoms with E-state index in [0.29, 0.717) is 11.1 Å². The summed E-state index contributed by atoms with van der Waals surface area (Å²) < 4.78 is 0. The number of para-hydroxylation sites is 1. The Morgan fingerprint density at radius 2 is 1.95 bits per heavy atom. The second kappa shape index (κ2) is 4.05. The quantitative estimate of drug-likeness (QED) is 0.675. The van der Waals surface area contributed by atoms with Gasteiger partial charge in [-0.2, -0.15) is 0 Å². The van der Waals surface area contributed by atoms with E-state index in [4.69, 9.17) is 5.73 Å². The van der Waals surface area contributed by atoms with Crippen LogP contribution in [0.3, 0.4) is 0 Å². The molecule has 0 radical (unpaired) electrons. The normalized spacial score (nSPS) is 11.1. The molecule has 0 unspecified atom stereocenters. The number of aryl methyl sites for hydroxylation is 2. The fraction of sp³-hybridized carbons (Fsp3) is 0.125. The topological polar surface area (TPSA) is 56.0 Å². The molecule has 0 fully saturated rings. The lowest BCUT2D eigenvalue weighted by Gasteiger charge is -2.08. The lowest BCUT2D eigenvalue weighted by molar-refractivity contribution is 0.100. The maximum atomic E-state index is 11.5. The minimum atomic E-state index is -0.443. The smallest absolute Gasteiger partial charge is 0.250 e. The number of hydrogen-bond acceptors (Lipinski definition) is 2. The van der Waals surface area contributed by atoms with Gasteiger partial charge in [0.25, 0.3) is 5.91 Å². The molecule has 3 aromatic rings. The zero-order valence-corrected chi connectivity index (χ0v) is 10.9. The van der Waals surface area contributed by atoms with Gasteiger partial charge in [-0.1, -0.05) is 18.2 Å². The van der Waals surface area contributed by atoms with Crippen molar-refractivity contribution in [2.45, 2.75) is 13.8 Å². The Hall–Kier alpha value is -2.42. The number of nitrogens with zero attached hydrogens (tertiary/aromatic N) is 1. The third-order valence-corrected chi connectivity index (χ3v) is 3.63. The number of fused-ring (bicyclic) bond motifs is 2. The van der Waals surface area contributed by atoms with Crippen molar-refractivity contribution in [3.63, 3.8) is 0 Å². The van der Waals surface area contributed by atoms with Gasteiger partial charge in [-0.25, -0.2) is 4.98 Å². The van der Waals surface area contributed by atoms with Crippen molar-refractivity contribution >= 4 is 27.7 Å². The maximum Gasteiger partial charge on any atom is 0.250 e. The van der Waals surface area contributed by atoms with Crippen LogP contribution in [0.4, 0.5) is 0 Å². The van der Waals surface area contributed by atoms with Crippen molar-refractivity contribution in [3.05, 3.63) is 53.1 Å². The fourth-order valence-electron chi connectivity index (χ4n) is 2.38. The molecule has 1 heterocycles. The molecular formula is C16H14N2O. The molecule has 0 atom stereocenters. The number of carbonyl (C=O) groups excluding carboxylic acids is 1. The first kappa shape index (κ1) is 11.7. The summed E-state index contributed by atoms with van der Waals surface area (Å²) in [5.74, 6) is -0.443. The summed E-state index contributed by atoms with van der Waals surface area (Å²) in [6, 6.07) is 11.6. The molecule has 1 amide bonds. The third kappa shape index (κ3) is 1.74. The van der Waals surface area contributed by atoms with Crippen molar-refractivity contribution in [3.8, 4) is 0 Å². The fourth-order valence-corrected chi connectivity index (χ4v) is 2.38. The molecule has 0 spiro atoms. The lowest BCUT2D eigenvalue weighted by Crippen LogP contribution is -2.11. The van der Waals surface area contributed by atoms with Crippen LogP contribution >= 0.6 is 0 Å². The second-order valence-electron chi connectivity index (χ2n) is 4.80. The molecule has 0 aliphatic heterocycles. The number of aromatic nitrogens is 1. The first-order valence-corrected chi connectivity index (χ1v) is 6.17. The van der Waals surface area contributed by atoms with Crippen molar-refractivity contribution in [1.29, 1.82) is 0 Å². The average molecular weight is 250 g/mol.